The van der Waals surface area contributed by atoms with Gasteiger partial charge in [-0.1, -0.05) is 0 Å². The number of likely N-dealkylation sites (N-methyl/N-ethyl adjacent to an activating group) is 1. The molecular formula is C18H24N4O3S. The second-order valence-corrected chi connectivity index (χ2v) is 7.85. The van der Waals surface area contributed by atoms with Gasteiger partial charge < -0.3 is 14.2 Å². The third-order valence-corrected chi connectivity index (χ3v) is 5.60. The van der Waals surface area contributed by atoms with Crippen molar-refractivity contribution in [1.29, 1.82) is 0 Å². The first kappa shape index (κ1) is 18.6. The number of furan rings is 1. The van der Waals surface area contributed by atoms with E-state index in [2.05, 4.69) is 4.98 Å². The normalized spacial score (nSPS) is 16.2. The lowest BCUT2D eigenvalue weighted by atomic mass is 10.2. The molecule has 1 saturated heterocycles. The lowest BCUT2D eigenvalue weighted by Gasteiger charge is -2.37. The molecule has 0 saturated carbocycles. The fourth-order valence-corrected chi connectivity index (χ4v) is 3.86. The summed E-state index contributed by atoms with van der Waals surface area (Å²) in [4.78, 5) is 36.1. The number of piperazine rings is 1. The van der Waals surface area contributed by atoms with Gasteiger partial charge in [-0.15, -0.1) is 11.3 Å². The van der Waals surface area contributed by atoms with Crippen LogP contribution in [0.2, 0.25) is 0 Å². The van der Waals surface area contributed by atoms with Crippen molar-refractivity contribution in [3.05, 3.63) is 40.2 Å². The van der Waals surface area contributed by atoms with Crippen molar-refractivity contribution < 1.29 is 14.0 Å². The molecule has 3 heterocycles. The molecule has 3 rings (SSSR count). The van der Waals surface area contributed by atoms with Gasteiger partial charge in [0.25, 0.3) is 5.91 Å². The molecule has 0 radical (unpaired) electrons. The minimum absolute atomic E-state index is 0.0961. The smallest absolute Gasteiger partial charge is 0.289 e. The monoisotopic (exact) mass is 376 g/mol. The van der Waals surface area contributed by atoms with Gasteiger partial charge in [0.05, 0.1) is 17.3 Å². The molecule has 1 fully saturated rings. The molecule has 0 N–H and O–H groups in total. The Labute approximate surface area is 157 Å². The summed E-state index contributed by atoms with van der Waals surface area (Å²) >= 11 is 1.65. The third-order valence-electron chi connectivity index (χ3n) is 4.70. The van der Waals surface area contributed by atoms with Gasteiger partial charge in [-0.3, -0.25) is 14.5 Å². The first-order valence-electron chi connectivity index (χ1n) is 8.69. The first-order valence-corrected chi connectivity index (χ1v) is 9.50. The Balaban J connectivity index is 1.51. The molecule has 2 amide bonds. The van der Waals surface area contributed by atoms with Crippen LogP contribution in [0.1, 0.15) is 27.4 Å². The average molecular weight is 376 g/mol. The highest BCUT2D eigenvalue weighted by molar-refractivity contribution is 7.11. The predicted octanol–water partition coefficient (Wildman–Crippen LogP) is 1.85. The first-order chi connectivity index (χ1) is 12.5. The Hall–Kier alpha value is -2.19. The second kappa shape index (κ2) is 8.01. The predicted molar refractivity (Wildman–Crippen MR) is 99.0 cm³/mol. The van der Waals surface area contributed by atoms with E-state index >= 15 is 0 Å². The van der Waals surface area contributed by atoms with Crippen molar-refractivity contribution in [2.45, 2.75) is 26.4 Å². The van der Waals surface area contributed by atoms with E-state index in [0.717, 1.165) is 9.88 Å². The number of hydrogen-bond acceptors (Lipinski definition) is 6. The number of amides is 2. The van der Waals surface area contributed by atoms with Crippen LogP contribution in [-0.4, -0.2) is 70.8 Å². The number of carbonyl (C=O) groups excluding carboxylic acids is 2. The average Bonchev–Trinajstić information content (AvgIpc) is 3.32. The highest BCUT2D eigenvalue weighted by atomic mass is 32.1. The fourth-order valence-electron chi connectivity index (χ4n) is 3.00. The zero-order valence-corrected chi connectivity index (χ0v) is 16.2. The van der Waals surface area contributed by atoms with Gasteiger partial charge in [0.1, 0.15) is 0 Å². The van der Waals surface area contributed by atoms with Crippen molar-refractivity contribution in [3.8, 4) is 0 Å². The van der Waals surface area contributed by atoms with Crippen LogP contribution in [0.25, 0.3) is 0 Å². The Morgan fingerprint density at radius 2 is 2.00 bits per heavy atom. The van der Waals surface area contributed by atoms with Crippen LogP contribution in [0.4, 0.5) is 0 Å². The van der Waals surface area contributed by atoms with Gasteiger partial charge in [-0.25, -0.2) is 4.98 Å². The Morgan fingerprint density at radius 3 is 2.58 bits per heavy atom. The van der Waals surface area contributed by atoms with Crippen LogP contribution >= 0.6 is 11.3 Å². The molecule has 0 aromatic carbocycles. The van der Waals surface area contributed by atoms with Crippen molar-refractivity contribution >= 4 is 23.2 Å². The van der Waals surface area contributed by atoms with E-state index in [1.807, 2.05) is 36.9 Å². The molecule has 0 bridgehead atoms. The van der Waals surface area contributed by atoms with E-state index < -0.39 is 0 Å². The maximum Gasteiger partial charge on any atom is 0.289 e. The SMILES string of the molecule is Cc1ncc(CN(C)C(C)C(=O)N2CCN(C(=O)c3ccco3)CC2)s1. The summed E-state index contributed by atoms with van der Waals surface area (Å²) in [5.41, 5.74) is 0. The topological polar surface area (TPSA) is 69.9 Å². The number of rotatable bonds is 5. The number of nitrogens with zero attached hydrogens (tertiary/aromatic N) is 4. The summed E-state index contributed by atoms with van der Waals surface area (Å²) in [6.45, 7) is 6.75. The minimum atomic E-state index is -0.218. The van der Waals surface area contributed by atoms with Crippen LogP contribution in [-0.2, 0) is 11.3 Å². The molecule has 2 aromatic heterocycles. The summed E-state index contributed by atoms with van der Waals surface area (Å²) in [7, 11) is 1.95. The number of aromatic nitrogens is 1. The summed E-state index contributed by atoms with van der Waals surface area (Å²) in [5, 5.41) is 1.03. The highest BCUT2D eigenvalue weighted by Crippen LogP contribution is 2.16. The second-order valence-electron chi connectivity index (χ2n) is 6.53. The number of aryl methyl sites for hydroxylation is 1. The van der Waals surface area contributed by atoms with Crippen molar-refractivity contribution in [2.24, 2.45) is 0 Å². The molecule has 1 atom stereocenters. The van der Waals surface area contributed by atoms with Crippen LogP contribution in [0.3, 0.4) is 0 Å². The van der Waals surface area contributed by atoms with E-state index in [1.165, 1.54) is 6.26 Å². The third kappa shape index (κ3) is 4.13. The molecular weight excluding hydrogens is 352 g/mol. The highest BCUT2D eigenvalue weighted by Gasteiger charge is 2.29. The molecule has 1 aliphatic rings. The van der Waals surface area contributed by atoms with E-state index in [-0.39, 0.29) is 17.9 Å². The quantitative estimate of drug-likeness (QED) is 0.797. The van der Waals surface area contributed by atoms with Crippen LogP contribution in [0, 0.1) is 6.92 Å². The molecule has 0 spiro atoms. The Morgan fingerprint density at radius 1 is 1.31 bits per heavy atom. The molecule has 8 heteroatoms. The summed E-state index contributed by atoms with van der Waals surface area (Å²) in [5.74, 6) is 0.324. The van der Waals surface area contributed by atoms with Gasteiger partial charge in [0.15, 0.2) is 5.76 Å². The molecule has 2 aromatic rings. The van der Waals surface area contributed by atoms with E-state index in [1.54, 1.807) is 28.4 Å². The van der Waals surface area contributed by atoms with E-state index in [9.17, 15) is 9.59 Å². The van der Waals surface area contributed by atoms with E-state index in [4.69, 9.17) is 4.42 Å². The van der Waals surface area contributed by atoms with Crippen molar-refractivity contribution in [3.63, 3.8) is 0 Å². The summed E-state index contributed by atoms with van der Waals surface area (Å²) < 4.78 is 5.17. The van der Waals surface area contributed by atoms with Gasteiger partial charge in [0.2, 0.25) is 5.91 Å². The molecule has 7 nitrogen and oxygen atoms in total. The van der Waals surface area contributed by atoms with Crippen molar-refractivity contribution in [2.75, 3.05) is 33.2 Å². The van der Waals surface area contributed by atoms with Gasteiger partial charge in [-0.05, 0) is 33.0 Å². The maximum absolute atomic E-state index is 12.8. The standard InChI is InChI=1S/C18H24N4O3S/c1-13(20(3)12-15-11-19-14(2)26-15)17(23)21-6-8-22(9-7-21)18(24)16-5-4-10-25-16/h4-5,10-11,13H,6-9,12H2,1-3H3. The lowest BCUT2D eigenvalue weighted by Crippen LogP contribution is -2.54. The van der Waals surface area contributed by atoms with Gasteiger partial charge in [0, 0.05) is 43.8 Å². The number of carbonyl (C=O) groups is 2. The van der Waals surface area contributed by atoms with Crippen LogP contribution in [0.15, 0.2) is 29.0 Å². The number of hydrogen-bond donors (Lipinski definition) is 0. The van der Waals surface area contributed by atoms with Crippen LogP contribution in [0.5, 0.6) is 0 Å². The number of thiazole rings is 1. The van der Waals surface area contributed by atoms with Crippen molar-refractivity contribution in [1.82, 2.24) is 19.7 Å². The summed E-state index contributed by atoms with van der Waals surface area (Å²) in [6.07, 6.45) is 3.36. The van der Waals surface area contributed by atoms with Crippen LogP contribution < -0.4 is 0 Å². The Kier molecular flexibility index (Phi) is 5.73. The molecule has 1 unspecified atom stereocenters. The van der Waals surface area contributed by atoms with E-state index in [0.29, 0.717) is 38.5 Å². The minimum Gasteiger partial charge on any atom is -0.459 e. The zero-order valence-electron chi connectivity index (χ0n) is 15.3. The summed E-state index contributed by atoms with van der Waals surface area (Å²) in [6, 6.07) is 3.15. The lowest BCUT2D eigenvalue weighted by molar-refractivity contribution is -0.137. The largest absolute Gasteiger partial charge is 0.459 e. The maximum atomic E-state index is 12.8. The molecule has 26 heavy (non-hydrogen) atoms. The molecule has 140 valence electrons. The molecule has 0 aliphatic carbocycles. The zero-order chi connectivity index (χ0) is 18.7. The van der Waals surface area contributed by atoms with Gasteiger partial charge in [-0.2, -0.15) is 0 Å². The fraction of sp³-hybridized carbons (Fsp3) is 0.500. The Bertz CT molecular complexity index is 750. The molecule has 1 aliphatic heterocycles. The van der Waals surface area contributed by atoms with Gasteiger partial charge >= 0.3 is 0 Å².